The minimum atomic E-state index is -0.364. The molecule has 0 fully saturated rings. The van der Waals surface area contributed by atoms with Crippen LogP contribution in [0.3, 0.4) is 0 Å². The lowest BCUT2D eigenvalue weighted by Crippen LogP contribution is -2.19. The van der Waals surface area contributed by atoms with Gasteiger partial charge in [-0.05, 0) is 48.9 Å². The van der Waals surface area contributed by atoms with Gasteiger partial charge in [0.05, 0.1) is 11.1 Å². The number of rotatable bonds is 2. The van der Waals surface area contributed by atoms with Crippen molar-refractivity contribution < 1.29 is 9.59 Å². The summed E-state index contributed by atoms with van der Waals surface area (Å²) in [6, 6.07) is 10.7. The van der Waals surface area contributed by atoms with Crippen LogP contribution in [0.15, 0.2) is 36.4 Å². The van der Waals surface area contributed by atoms with E-state index in [2.05, 4.69) is 10.6 Å². The van der Waals surface area contributed by atoms with Gasteiger partial charge in [0.15, 0.2) is 0 Å². The van der Waals surface area contributed by atoms with Gasteiger partial charge in [-0.1, -0.05) is 0 Å². The summed E-state index contributed by atoms with van der Waals surface area (Å²) in [6.45, 7) is 1.95. The lowest BCUT2D eigenvalue weighted by atomic mass is 10.1. The van der Waals surface area contributed by atoms with Gasteiger partial charge < -0.3 is 11.1 Å². The predicted octanol–water partition coefficient (Wildman–Crippen LogP) is 2.20. The Morgan fingerprint density at radius 3 is 2.45 bits per heavy atom. The molecule has 2 aromatic carbocycles. The zero-order valence-electron chi connectivity index (χ0n) is 10.9. The van der Waals surface area contributed by atoms with Gasteiger partial charge in [-0.3, -0.25) is 14.9 Å². The fourth-order valence-electron chi connectivity index (χ4n) is 2.30. The summed E-state index contributed by atoms with van der Waals surface area (Å²) in [5.41, 5.74) is 9.88. The molecular formula is C15H13N3O2. The quantitative estimate of drug-likeness (QED) is 0.575. The van der Waals surface area contributed by atoms with Crippen molar-refractivity contribution in [2.24, 2.45) is 0 Å². The molecule has 0 aromatic heterocycles. The van der Waals surface area contributed by atoms with E-state index in [1.54, 1.807) is 18.2 Å². The number of fused-ring (bicyclic) bond motifs is 1. The average molecular weight is 267 g/mol. The molecule has 2 aromatic rings. The molecule has 100 valence electrons. The summed E-state index contributed by atoms with van der Waals surface area (Å²) in [5.74, 6) is -0.714. The van der Waals surface area contributed by atoms with E-state index in [0.717, 1.165) is 16.9 Å². The van der Waals surface area contributed by atoms with Crippen molar-refractivity contribution in [1.29, 1.82) is 0 Å². The second-order valence-electron chi connectivity index (χ2n) is 4.80. The maximum atomic E-state index is 11.6. The summed E-state index contributed by atoms with van der Waals surface area (Å²) in [4.78, 5) is 23.1. The van der Waals surface area contributed by atoms with E-state index < -0.39 is 0 Å². The van der Waals surface area contributed by atoms with Crippen molar-refractivity contribution in [2.75, 3.05) is 11.1 Å². The molecular weight excluding hydrogens is 254 g/mol. The highest BCUT2D eigenvalue weighted by Crippen LogP contribution is 2.24. The van der Waals surface area contributed by atoms with Crippen molar-refractivity contribution in [1.82, 2.24) is 5.32 Å². The third-order valence-corrected chi connectivity index (χ3v) is 3.12. The number of anilines is 3. The predicted molar refractivity (Wildman–Crippen MR) is 77.1 cm³/mol. The maximum Gasteiger partial charge on any atom is 0.259 e. The summed E-state index contributed by atoms with van der Waals surface area (Å²) >= 11 is 0. The van der Waals surface area contributed by atoms with Crippen molar-refractivity contribution in [3.05, 3.63) is 53.1 Å². The van der Waals surface area contributed by atoms with E-state index in [-0.39, 0.29) is 11.8 Å². The van der Waals surface area contributed by atoms with Gasteiger partial charge in [-0.25, -0.2) is 0 Å². The summed E-state index contributed by atoms with van der Waals surface area (Å²) in [6.07, 6.45) is 0. The van der Waals surface area contributed by atoms with E-state index in [1.807, 2.05) is 25.1 Å². The number of nitrogens with two attached hydrogens (primary N) is 1. The Labute approximate surface area is 115 Å². The van der Waals surface area contributed by atoms with Crippen molar-refractivity contribution in [3.8, 4) is 0 Å². The molecule has 0 bridgehead atoms. The molecule has 3 rings (SSSR count). The zero-order valence-corrected chi connectivity index (χ0v) is 10.9. The molecule has 0 radical (unpaired) electrons. The molecule has 0 unspecified atom stereocenters. The standard InChI is InChI=1S/C15H13N3O2/c1-8-4-9(16)6-11(5-8)17-10-2-3-12-13(7-10)15(20)18-14(12)19/h2-7,17H,16H2,1H3,(H,18,19,20). The SMILES string of the molecule is Cc1cc(N)cc(Nc2ccc3c(c2)C(=O)NC3=O)c1. The van der Waals surface area contributed by atoms with Gasteiger partial charge in [-0.2, -0.15) is 0 Å². The smallest absolute Gasteiger partial charge is 0.259 e. The highest BCUT2D eigenvalue weighted by molar-refractivity contribution is 6.21. The lowest BCUT2D eigenvalue weighted by molar-refractivity contribution is 0.0879. The number of amides is 2. The summed E-state index contributed by atoms with van der Waals surface area (Å²) in [5, 5.41) is 5.45. The molecule has 0 atom stereocenters. The van der Waals surface area contributed by atoms with Gasteiger partial charge in [0.1, 0.15) is 0 Å². The first kappa shape index (κ1) is 12.2. The number of nitrogens with one attached hydrogen (secondary N) is 2. The van der Waals surface area contributed by atoms with Crippen LogP contribution < -0.4 is 16.4 Å². The molecule has 0 saturated heterocycles. The molecule has 1 heterocycles. The van der Waals surface area contributed by atoms with Crippen molar-refractivity contribution >= 4 is 28.9 Å². The number of benzene rings is 2. The van der Waals surface area contributed by atoms with E-state index in [9.17, 15) is 9.59 Å². The van der Waals surface area contributed by atoms with Crippen LogP contribution >= 0.6 is 0 Å². The Morgan fingerprint density at radius 1 is 0.950 bits per heavy atom. The maximum absolute atomic E-state index is 11.6. The van der Waals surface area contributed by atoms with Crippen LogP contribution in [0.2, 0.25) is 0 Å². The van der Waals surface area contributed by atoms with Gasteiger partial charge >= 0.3 is 0 Å². The normalized spacial score (nSPS) is 13.1. The van der Waals surface area contributed by atoms with Gasteiger partial charge in [0.2, 0.25) is 0 Å². The molecule has 4 N–H and O–H groups in total. The number of nitrogen functional groups attached to an aromatic ring is 1. The summed E-state index contributed by atoms with van der Waals surface area (Å²) in [7, 11) is 0. The Morgan fingerprint density at radius 2 is 1.70 bits per heavy atom. The molecule has 20 heavy (non-hydrogen) atoms. The highest BCUT2D eigenvalue weighted by atomic mass is 16.2. The Hall–Kier alpha value is -2.82. The van der Waals surface area contributed by atoms with Crippen LogP contribution in [0.1, 0.15) is 26.3 Å². The van der Waals surface area contributed by atoms with E-state index in [0.29, 0.717) is 16.8 Å². The second kappa shape index (κ2) is 4.38. The van der Waals surface area contributed by atoms with Crippen LogP contribution in [0.4, 0.5) is 17.1 Å². The molecule has 1 aliphatic rings. The monoisotopic (exact) mass is 267 g/mol. The van der Waals surface area contributed by atoms with Crippen LogP contribution in [0.5, 0.6) is 0 Å². The molecule has 0 spiro atoms. The second-order valence-corrected chi connectivity index (χ2v) is 4.80. The van der Waals surface area contributed by atoms with Crippen molar-refractivity contribution in [2.45, 2.75) is 6.92 Å². The van der Waals surface area contributed by atoms with E-state index >= 15 is 0 Å². The van der Waals surface area contributed by atoms with Gasteiger partial charge in [0.25, 0.3) is 11.8 Å². The summed E-state index contributed by atoms with van der Waals surface area (Å²) < 4.78 is 0. The minimum absolute atomic E-state index is 0.351. The third kappa shape index (κ3) is 2.09. The zero-order chi connectivity index (χ0) is 14.3. The number of aryl methyl sites for hydroxylation is 1. The molecule has 5 nitrogen and oxygen atoms in total. The fourth-order valence-corrected chi connectivity index (χ4v) is 2.30. The van der Waals surface area contributed by atoms with Crippen LogP contribution in [-0.2, 0) is 0 Å². The number of hydrogen-bond donors (Lipinski definition) is 3. The Kier molecular flexibility index (Phi) is 2.68. The Balaban J connectivity index is 1.94. The number of carbonyl (C=O) groups is 2. The first-order chi connectivity index (χ1) is 9.52. The molecule has 0 saturated carbocycles. The minimum Gasteiger partial charge on any atom is -0.399 e. The van der Waals surface area contributed by atoms with Crippen LogP contribution in [0.25, 0.3) is 0 Å². The van der Waals surface area contributed by atoms with Gasteiger partial charge in [-0.15, -0.1) is 0 Å². The van der Waals surface area contributed by atoms with E-state index in [1.165, 1.54) is 0 Å². The molecule has 0 aliphatic carbocycles. The van der Waals surface area contributed by atoms with Crippen molar-refractivity contribution in [3.63, 3.8) is 0 Å². The number of imide groups is 1. The number of hydrogen-bond acceptors (Lipinski definition) is 4. The van der Waals surface area contributed by atoms with Crippen LogP contribution in [0, 0.1) is 6.92 Å². The number of carbonyl (C=O) groups excluding carboxylic acids is 2. The first-order valence-corrected chi connectivity index (χ1v) is 6.17. The highest BCUT2D eigenvalue weighted by Gasteiger charge is 2.26. The fraction of sp³-hybridized carbons (Fsp3) is 0.0667. The molecule has 1 aliphatic heterocycles. The van der Waals surface area contributed by atoms with Crippen LogP contribution in [-0.4, -0.2) is 11.8 Å². The average Bonchev–Trinajstić information content (AvgIpc) is 2.63. The lowest BCUT2D eigenvalue weighted by Gasteiger charge is -2.09. The third-order valence-electron chi connectivity index (χ3n) is 3.12. The molecule has 2 amide bonds. The topological polar surface area (TPSA) is 84.2 Å². The van der Waals surface area contributed by atoms with Gasteiger partial charge in [0, 0.05) is 17.1 Å². The largest absolute Gasteiger partial charge is 0.399 e. The first-order valence-electron chi connectivity index (χ1n) is 6.17. The van der Waals surface area contributed by atoms with E-state index in [4.69, 9.17) is 5.73 Å². The Bertz CT molecular complexity index is 718. The molecule has 5 heteroatoms.